The molecule has 0 spiro atoms. The van der Waals surface area contributed by atoms with Crippen LogP contribution in [-0.2, 0) is 6.42 Å². The van der Waals surface area contributed by atoms with E-state index in [1.807, 2.05) is 12.3 Å². The van der Waals surface area contributed by atoms with Gasteiger partial charge in [0.15, 0.2) is 5.82 Å². The third-order valence-corrected chi connectivity index (χ3v) is 2.28. The van der Waals surface area contributed by atoms with Crippen LogP contribution in [0.15, 0.2) is 17.4 Å². The Morgan fingerprint density at radius 3 is 3.07 bits per heavy atom. The summed E-state index contributed by atoms with van der Waals surface area (Å²) in [5.74, 6) is 0.635. The van der Waals surface area contributed by atoms with Gasteiger partial charge in [0.05, 0.1) is 17.1 Å². The number of nitrogens with zero attached hydrogens (tertiary/aromatic N) is 5. The molecule has 0 aliphatic carbocycles. The molecule has 0 aliphatic heterocycles. The van der Waals surface area contributed by atoms with Crippen LogP contribution in [0.5, 0.6) is 0 Å². The summed E-state index contributed by atoms with van der Waals surface area (Å²) >= 11 is 1.58. The van der Waals surface area contributed by atoms with Crippen molar-refractivity contribution >= 4 is 11.8 Å². The van der Waals surface area contributed by atoms with Crippen molar-refractivity contribution in [3.05, 3.63) is 23.9 Å². The maximum Gasteiger partial charge on any atom is 0.180 e. The van der Waals surface area contributed by atoms with Crippen molar-refractivity contribution in [2.45, 2.75) is 11.4 Å². The molecule has 0 saturated carbocycles. The monoisotopic (exact) mass is 208 g/mol. The Hall–Kier alpha value is -1.50. The first-order valence-electron chi connectivity index (χ1n) is 3.95. The van der Waals surface area contributed by atoms with E-state index in [1.165, 1.54) is 0 Å². The average Bonchev–Trinajstić information content (AvgIpc) is 2.71. The first kappa shape index (κ1) is 9.07. The highest BCUT2D eigenvalue weighted by molar-refractivity contribution is 7.98. The summed E-state index contributed by atoms with van der Waals surface area (Å²) in [7, 11) is 0. The molecule has 0 fully saturated rings. The van der Waals surface area contributed by atoms with Crippen LogP contribution in [0.1, 0.15) is 11.5 Å². The van der Waals surface area contributed by atoms with Crippen LogP contribution in [-0.4, -0.2) is 36.8 Å². The van der Waals surface area contributed by atoms with Crippen LogP contribution in [0.25, 0.3) is 0 Å². The Morgan fingerprint density at radius 1 is 1.43 bits per heavy atom. The van der Waals surface area contributed by atoms with Gasteiger partial charge >= 0.3 is 0 Å². The van der Waals surface area contributed by atoms with Crippen LogP contribution in [0.4, 0.5) is 0 Å². The van der Waals surface area contributed by atoms with Crippen molar-refractivity contribution in [3.63, 3.8) is 0 Å². The van der Waals surface area contributed by atoms with E-state index >= 15 is 0 Å². The molecule has 2 aromatic heterocycles. The Kier molecular flexibility index (Phi) is 2.68. The molecule has 0 amide bonds. The van der Waals surface area contributed by atoms with Crippen LogP contribution in [0.2, 0.25) is 0 Å². The summed E-state index contributed by atoms with van der Waals surface area (Å²) in [4.78, 5) is 8.19. The maximum absolute atomic E-state index is 4.12. The molecule has 0 atom stereocenters. The van der Waals surface area contributed by atoms with Gasteiger partial charge in [0, 0.05) is 0 Å². The highest BCUT2D eigenvalue weighted by Crippen LogP contribution is 2.11. The van der Waals surface area contributed by atoms with E-state index < -0.39 is 0 Å². The number of tetrazole rings is 1. The van der Waals surface area contributed by atoms with Crippen molar-refractivity contribution in [3.8, 4) is 0 Å². The minimum Gasteiger partial charge on any atom is -0.241 e. The fourth-order valence-electron chi connectivity index (χ4n) is 1.00. The topological polar surface area (TPSA) is 80.2 Å². The van der Waals surface area contributed by atoms with Crippen molar-refractivity contribution in [1.29, 1.82) is 0 Å². The fourth-order valence-corrected chi connectivity index (χ4v) is 1.41. The summed E-state index contributed by atoms with van der Waals surface area (Å²) in [6.45, 7) is 0. The number of rotatable bonds is 3. The van der Waals surface area contributed by atoms with Gasteiger partial charge < -0.3 is 0 Å². The average molecular weight is 208 g/mol. The van der Waals surface area contributed by atoms with Gasteiger partial charge in [-0.3, -0.25) is 0 Å². The molecule has 2 rings (SSSR count). The molecule has 0 aromatic carbocycles. The van der Waals surface area contributed by atoms with Crippen molar-refractivity contribution in [2.75, 3.05) is 6.26 Å². The second-order valence-corrected chi connectivity index (χ2v) is 3.38. The van der Waals surface area contributed by atoms with E-state index in [1.54, 1.807) is 18.1 Å². The molecule has 6 nitrogen and oxygen atoms in total. The largest absolute Gasteiger partial charge is 0.241 e. The lowest BCUT2D eigenvalue weighted by Gasteiger charge is -1.97. The number of nitrogens with one attached hydrogen (secondary N) is 1. The van der Waals surface area contributed by atoms with Gasteiger partial charge in [-0.25, -0.2) is 9.97 Å². The quantitative estimate of drug-likeness (QED) is 0.577. The second-order valence-electron chi connectivity index (χ2n) is 2.56. The molecule has 14 heavy (non-hydrogen) atoms. The molecule has 7 heteroatoms. The molecule has 0 unspecified atom stereocenters. The smallest absolute Gasteiger partial charge is 0.180 e. The van der Waals surface area contributed by atoms with E-state index in [2.05, 4.69) is 30.6 Å². The highest BCUT2D eigenvalue weighted by Gasteiger charge is 2.03. The van der Waals surface area contributed by atoms with Gasteiger partial charge in [-0.1, -0.05) is 5.21 Å². The van der Waals surface area contributed by atoms with E-state index in [9.17, 15) is 0 Å². The summed E-state index contributed by atoms with van der Waals surface area (Å²) in [6.07, 6.45) is 4.09. The molecule has 0 saturated heterocycles. The Bertz CT molecular complexity index is 400. The van der Waals surface area contributed by atoms with Crippen LogP contribution in [0, 0.1) is 0 Å². The van der Waals surface area contributed by atoms with Crippen LogP contribution in [0.3, 0.4) is 0 Å². The zero-order valence-electron chi connectivity index (χ0n) is 7.51. The molecule has 0 aliphatic rings. The summed E-state index contributed by atoms with van der Waals surface area (Å²) in [5.41, 5.74) is 0.894. The van der Waals surface area contributed by atoms with Gasteiger partial charge in [-0.15, -0.1) is 22.0 Å². The van der Waals surface area contributed by atoms with Gasteiger partial charge in [0.2, 0.25) is 0 Å². The van der Waals surface area contributed by atoms with Gasteiger partial charge in [0.1, 0.15) is 6.33 Å². The normalized spacial score (nSPS) is 10.4. The summed E-state index contributed by atoms with van der Waals surface area (Å²) in [6, 6.07) is 1.92. The standard InChI is InChI=1S/C7H8N6S/c1-14-7-3-5(8-4-9-7)2-6-10-12-13-11-6/h3-4H,2H2,1H3,(H,10,11,12,13). The lowest BCUT2D eigenvalue weighted by molar-refractivity contribution is 0.881. The van der Waals surface area contributed by atoms with E-state index in [0.717, 1.165) is 10.7 Å². The summed E-state index contributed by atoms with van der Waals surface area (Å²) in [5, 5.41) is 14.5. The number of aromatic nitrogens is 6. The van der Waals surface area contributed by atoms with Crippen molar-refractivity contribution in [2.24, 2.45) is 0 Å². The lowest BCUT2D eigenvalue weighted by atomic mass is 10.3. The minimum absolute atomic E-state index is 0.576. The molecular weight excluding hydrogens is 200 g/mol. The molecule has 2 heterocycles. The Labute approximate surface area is 84.6 Å². The molecule has 1 N–H and O–H groups in total. The molecule has 72 valence electrons. The lowest BCUT2D eigenvalue weighted by Crippen LogP contribution is -1.96. The van der Waals surface area contributed by atoms with Crippen molar-refractivity contribution < 1.29 is 0 Å². The molecule has 0 bridgehead atoms. The summed E-state index contributed by atoms with van der Waals surface area (Å²) < 4.78 is 0. The number of thioether (sulfide) groups is 1. The molecule has 0 radical (unpaired) electrons. The van der Waals surface area contributed by atoms with Crippen LogP contribution >= 0.6 is 11.8 Å². The third-order valence-electron chi connectivity index (χ3n) is 1.64. The van der Waals surface area contributed by atoms with Gasteiger partial charge in [-0.05, 0) is 12.3 Å². The van der Waals surface area contributed by atoms with Gasteiger partial charge in [-0.2, -0.15) is 5.21 Å². The van der Waals surface area contributed by atoms with E-state index in [4.69, 9.17) is 0 Å². The predicted octanol–water partition coefficient (Wildman–Crippen LogP) is 0.302. The fraction of sp³-hybridized carbons (Fsp3) is 0.286. The molecule has 2 aromatic rings. The highest BCUT2D eigenvalue weighted by atomic mass is 32.2. The SMILES string of the molecule is CSc1cc(Cc2nn[nH]n2)ncn1. The third kappa shape index (κ3) is 2.05. The zero-order valence-corrected chi connectivity index (χ0v) is 8.32. The second kappa shape index (κ2) is 4.14. The Morgan fingerprint density at radius 2 is 2.36 bits per heavy atom. The van der Waals surface area contributed by atoms with Crippen LogP contribution < -0.4 is 0 Å². The number of hydrogen-bond donors (Lipinski definition) is 1. The Balaban J connectivity index is 2.17. The molecular formula is C7H8N6S. The maximum atomic E-state index is 4.12. The number of H-pyrrole nitrogens is 1. The number of hydrogen-bond acceptors (Lipinski definition) is 6. The first-order valence-corrected chi connectivity index (χ1v) is 5.18. The predicted molar refractivity (Wildman–Crippen MR) is 50.8 cm³/mol. The van der Waals surface area contributed by atoms with Gasteiger partial charge in [0.25, 0.3) is 0 Å². The van der Waals surface area contributed by atoms with E-state index in [-0.39, 0.29) is 0 Å². The first-order chi connectivity index (χ1) is 6.88. The minimum atomic E-state index is 0.576. The van der Waals surface area contributed by atoms with E-state index in [0.29, 0.717) is 12.2 Å². The van der Waals surface area contributed by atoms with Crippen molar-refractivity contribution in [1.82, 2.24) is 30.6 Å². The number of aromatic amines is 1. The zero-order chi connectivity index (χ0) is 9.80.